The van der Waals surface area contributed by atoms with Gasteiger partial charge in [-0.2, -0.15) is 0 Å². The van der Waals surface area contributed by atoms with Gasteiger partial charge in [-0.3, -0.25) is 9.89 Å². The van der Waals surface area contributed by atoms with Crippen LogP contribution in [-0.4, -0.2) is 39.8 Å². The zero-order valence-corrected chi connectivity index (χ0v) is 11.0. The van der Waals surface area contributed by atoms with E-state index in [4.69, 9.17) is 4.74 Å². The number of nitrogens with zero attached hydrogens (tertiary/aromatic N) is 2. The number of hydrogen-bond donors (Lipinski definition) is 2. The smallest absolute Gasteiger partial charge is 0.291 e. The molecule has 1 aromatic heterocycles. The highest BCUT2D eigenvalue weighted by Gasteiger charge is 2.30. The molecule has 0 saturated carbocycles. The summed E-state index contributed by atoms with van der Waals surface area (Å²) in [5, 5.41) is 9.68. The summed E-state index contributed by atoms with van der Waals surface area (Å²) in [6, 6.07) is 0. The van der Waals surface area contributed by atoms with Crippen LogP contribution in [-0.2, 0) is 11.2 Å². The molecule has 1 aliphatic heterocycles. The van der Waals surface area contributed by atoms with Crippen LogP contribution in [0, 0.1) is 0 Å². The molecule has 1 amide bonds. The summed E-state index contributed by atoms with van der Waals surface area (Å²) in [5.74, 6) is 0.736. The molecule has 1 saturated heterocycles. The summed E-state index contributed by atoms with van der Waals surface area (Å²) in [5.41, 5.74) is -0.305. The Kier molecular flexibility index (Phi) is 3.96. The largest absolute Gasteiger partial charge is 0.379 e. The van der Waals surface area contributed by atoms with E-state index in [1.54, 1.807) is 0 Å². The van der Waals surface area contributed by atoms with E-state index in [0.29, 0.717) is 6.61 Å². The van der Waals surface area contributed by atoms with Crippen LogP contribution in [0.25, 0.3) is 0 Å². The predicted octanol–water partition coefficient (Wildman–Crippen LogP) is 1.06. The Hall–Kier alpha value is -1.43. The predicted molar refractivity (Wildman–Crippen MR) is 66.3 cm³/mol. The molecule has 0 spiro atoms. The molecule has 6 nitrogen and oxygen atoms in total. The fraction of sp³-hybridized carbons (Fsp3) is 0.750. The van der Waals surface area contributed by atoms with Gasteiger partial charge in [-0.25, -0.2) is 4.98 Å². The van der Waals surface area contributed by atoms with Crippen LogP contribution in [0.15, 0.2) is 0 Å². The van der Waals surface area contributed by atoms with Crippen LogP contribution in [0.5, 0.6) is 0 Å². The Bertz CT molecular complexity index is 410. The SMILES string of the molecule is CCCc1nc(C(=O)NC2(C)CCCOC2)n[nH]1. The normalized spacial score (nSPS) is 23.9. The van der Waals surface area contributed by atoms with Gasteiger partial charge in [0.2, 0.25) is 5.82 Å². The molecule has 1 fully saturated rings. The summed E-state index contributed by atoms with van der Waals surface area (Å²) in [4.78, 5) is 16.2. The molecule has 100 valence electrons. The Labute approximate surface area is 107 Å². The molecule has 2 heterocycles. The fourth-order valence-electron chi connectivity index (χ4n) is 2.11. The third kappa shape index (κ3) is 3.07. The summed E-state index contributed by atoms with van der Waals surface area (Å²) in [6.45, 7) is 5.37. The molecule has 18 heavy (non-hydrogen) atoms. The first kappa shape index (κ1) is 13.0. The first-order chi connectivity index (χ1) is 8.63. The number of amides is 1. The summed E-state index contributed by atoms with van der Waals surface area (Å²) in [6.07, 6.45) is 3.67. The quantitative estimate of drug-likeness (QED) is 0.839. The Morgan fingerprint density at radius 1 is 1.61 bits per heavy atom. The maximum atomic E-state index is 12.0. The highest BCUT2D eigenvalue weighted by molar-refractivity contribution is 5.90. The highest BCUT2D eigenvalue weighted by atomic mass is 16.5. The zero-order valence-electron chi connectivity index (χ0n) is 11.0. The van der Waals surface area contributed by atoms with E-state index < -0.39 is 0 Å². The molecule has 1 aliphatic rings. The lowest BCUT2D eigenvalue weighted by Gasteiger charge is -2.33. The van der Waals surface area contributed by atoms with Gasteiger partial charge < -0.3 is 10.1 Å². The van der Waals surface area contributed by atoms with Crippen molar-refractivity contribution in [3.8, 4) is 0 Å². The second-order valence-corrected chi connectivity index (χ2v) is 5.03. The van der Waals surface area contributed by atoms with Gasteiger partial charge in [0, 0.05) is 13.0 Å². The van der Waals surface area contributed by atoms with Crippen LogP contribution in [0.3, 0.4) is 0 Å². The van der Waals surface area contributed by atoms with Crippen molar-refractivity contribution in [1.29, 1.82) is 0 Å². The standard InChI is InChI=1S/C12H20N4O2/c1-3-5-9-13-10(16-15-9)11(17)14-12(2)6-4-7-18-8-12/h3-8H2,1-2H3,(H,14,17)(H,13,15,16). The number of ether oxygens (including phenoxy) is 1. The third-order valence-corrected chi connectivity index (χ3v) is 3.07. The zero-order chi connectivity index (χ0) is 13.0. The monoisotopic (exact) mass is 252 g/mol. The average molecular weight is 252 g/mol. The summed E-state index contributed by atoms with van der Waals surface area (Å²) < 4.78 is 5.40. The minimum absolute atomic E-state index is 0.213. The number of nitrogens with one attached hydrogen (secondary N) is 2. The second kappa shape index (κ2) is 5.48. The molecule has 1 unspecified atom stereocenters. The number of aryl methyl sites for hydroxylation is 1. The highest BCUT2D eigenvalue weighted by Crippen LogP contribution is 2.18. The number of H-pyrrole nitrogens is 1. The van der Waals surface area contributed by atoms with E-state index in [1.165, 1.54) is 0 Å². The Morgan fingerprint density at radius 3 is 3.11 bits per heavy atom. The van der Waals surface area contributed by atoms with Crippen LogP contribution >= 0.6 is 0 Å². The number of rotatable bonds is 4. The number of aromatic amines is 1. The Morgan fingerprint density at radius 2 is 2.44 bits per heavy atom. The fourth-order valence-corrected chi connectivity index (χ4v) is 2.11. The molecule has 1 atom stereocenters. The molecule has 1 aromatic rings. The first-order valence-electron chi connectivity index (χ1n) is 6.44. The van der Waals surface area contributed by atoms with Crippen molar-refractivity contribution in [3.63, 3.8) is 0 Å². The molecule has 0 aromatic carbocycles. The van der Waals surface area contributed by atoms with Gasteiger partial charge in [-0.05, 0) is 26.2 Å². The molecular weight excluding hydrogens is 232 g/mol. The van der Waals surface area contributed by atoms with Gasteiger partial charge in [0.05, 0.1) is 12.1 Å². The van der Waals surface area contributed by atoms with E-state index in [2.05, 4.69) is 27.4 Å². The lowest BCUT2D eigenvalue weighted by Crippen LogP contribution is -2.51. The van der Waals surface area contributed by atoms with Gasteiger partial charge in [0.1, 0.15) is 5.82 Å². The molecule has 0 bridgehead atoms. The Balaban J connectivity index is 1.97. The average Bonchev–Trinajstić information content (AvgIpc) is 2.78. The van der Waals surface area contributed by atoms with E-state index in [1.807, 2.05) is 6.92 Å². The topological polar surface area (TPSA) is 79.9 Å². The lowest BCUT2D eigenvalue weighted by atomic mass is 9.95. The van der Waals surface area contributed by atoms with Gasteiger partial charge in [-0.1, -0.05) is 6.92 Å². The van der Waals surface area contributed by atoms with Crippen molar-refractivity contribution in [2.24, 2.45) is 0 Å². The van der Waals surface area contributed by atoms with Crippen molar-refractivity contribution < 1.29 is 9.53 Å². The van der Waals surface area contributed by atoms with E-state index in [-0.39, 0.29) is 17.3 Å². The van der Waals surface area contributed by atoms with Gasteiger partial charge in [0.15, 0.2) is 0 Å². The van der Waals surface area contributed by atoms with Crippen LogP contribution < -0.4 is 5.32 Å². The molecule has 2 rings (SSSR count). The van der Waals surface area contributed by atoms with E-state index >= 15 is 0 Å². The number of carbonyl (C=O) groups is 1. The van der Waals surface area contributed by atoms with Crippen molar-refractivity contribution in [1.82, 2.24) is 20.5 Å². The van der Waals surface area contributed by atoms with Crippen molar-refractivity contribution in [2.75, 3.05) is 13.2 Å². The molecular formula is C12H20N4O2. The summed E-state index contributed by atoms with van der Waals surface area (Å²) >= 11 is 0. The second-order valence-electron chi connectivity index (χ2n) is 5.03. The van der Waals surface area contributed by atoms with Crippen LogP contribution in [0.2, 0.25) is 0 Å². The first-order valence-corrected chi connectivity index (χ1v) is 6.44. The molecule has 0 aliphatic carbocycles. The third-order valence-electron chi connectivity index (χ3n) is 3.07. The van der Waals surface area contributed by atoms with E-state index in [9.17, 15) is 4.79 Å². The minimum atomic E-state index is -0.305. The van der Waals surface area contributed by atoms with Crippen LogP contribution in [0.1, 0.15) is 49.6 Å². The van der Waals surface area contributed by atoms with E-state index in [0.717, 1.165) is 38.1 Å². The van der Waals surface area contributed by atoms with Crippen molar-refractivity contribution >= 4 is 5.91 Å². The summed E-state index contributed by atoms with van der Waals surface area (Å²) in [7, 11) is 0. The molecule has 0 radical (unpaired) electrons. The van der Waals surface area contributed by atoms with Crippen molar-refractivity contribution in [2.45, 2.75) is 45.1 Å². The maximum absolute atomic E-state index is 12.0. The maximum Gasteiger partial charge on any atom is 0.291 e. The van der Waals surface area contributed by atoms with Gasteiger partial charge >= 0.3 is 0 Å². The molecule has 2 N–H and O–H groups in total. The van der Waals surface area contributed by atoms with Crippen LogP contribution in [0.4, 0.5) is 0 Å². The minimum Gasteiger partial charge on any atom is -0.379 e. The number of carbonyl (C=O) groups excluding carboxylic acids is 1. The number of hydrogen-bond acceptors (Lipinski definition) is 4. The lowest BCUT2D eigenvalue weighted by molar-refractivity contribution is 0.0270. The number of aromatic nitrogens is 3. The molecule has 6 heteroatoms. The van der Waals surface area contributed by atoms with Gasteiger partial charge in [0.25, 0.3) is 5.91 Å². The van der Waals surface area contributed by atoms with Gasteiger partial charge in [-0.15, -0.1) is 5.10 Å². The van der Waals surface area contributed by atoms with Crippen molar-refractivity contribution in [3.05, 3.63) is 11.6 Å².